The maximum Gasteiger partial charge on any atom is 2.00 e. The van der Waals surface area contributed by atoms with Crippen molar-refractivity contribution in [1.82, 2.24) is 0 Å². The van der Waals surface area contributed by atoms with Crippen LogP contribution in [-0.4, -0.2) is 27.3 Å². The summed E-state index contributed by atoms with van der Waals surface area (Å²) >= 11 is 0. The molecule has 0 aliphatic rings. The zero-order valence-electron chi connectivity index (χ0n) is 4.28. The van der Waals surface area contributed by atoms with Crippen LogP contribution in [0.5, 0.6) is 0 Å². The molecule has 0 spiro atoms. The zero-order valence-corrected chi connectivity index (χ0v) is 9.68. The van der Waals surface area contributed by atoms with Crippen LogP contribution in [0.2, 0.25) is 0 Å². The van der Waals surface area contributed by atoms with Gasteiger partial charge in [-0.15, -0.1) is 0 Å². The Morgan fingerprint density at radius 1 is 0.600 bits per heavy atom. The predicted molar refractivity (Wildman–Crippen MR) is 10.6 cm³/mol. The molecule has 10 heteroatoms. The molecule has 3 N–H and O–H groups in total. The van der Waals surface area contributed by atoms with E-state index < -0.39 is 21.6 Å². The normalized spacial score (nSPS) is 7.20. The molecule has 0 aromatic carbocycles. The number of halogens is 2. The van der Waals surface area contributed by atoms with E-state index in [0.29, 0.717) is 0 Å². The number of hydrogen-bond acceptors (Lipinski definition) is 6. The zero-order chi connectivity index (χ0) is 7.15. The van der Waals surface area contributed by atoms with Crippen LogP contribution < -0.4 is 28.0 Å². The predicted octanol–water partition coefficient (Wildman–Crippen LogP) is -8.44. The van der Waals surface area contributed by atoms with Crippen molar-refractivity contribution >= 4 is 27.3 Å². The second kappa shape index (κ2) is 16.7. The van der Waals surface area contributed by atoms with E-state index in [4.69, 9.17) is 28.0 Å². The van der Waals surface area contributed by atoms with E-state index in [2.05, 4.69) is 0 Å². The Labute approximate surface area is 82.2 Å². The Bertz CT molecular complexity index is 27.1. The van der Waals surface area contributed by atoms with Crippen LogP contribution in [0.1, 0.15) is 0 Å². The van der Waals surface area contributed by atoms with Crippen LogP contribution in [0.15, 0.2) is 0 Å². The second-order valence-electron chi connectivity index (χ2n) is 0.378. The van der Waals surface area contributed by atoms with E-state index in [1.165, 1.54) is 0 Å². The van der Waals surface area contributed by atoms with Gasteiger partial charge in [0.05, 0.1) is 21.6 Å². The van der Waals surface area contributed by atoms with E-state index in [1.54, 1.807) is 0 Å². The van der Waals surface area contributed by atoms with Crippen molar-refractivity contribution in [2.24, 2.45) is 0 Å². The van der Waals surface area contributed by atoms with Crippen molar-refractivity contribution in [3.05, 3.63) is 0 Å². The SMILES string of the molecule is [O-][Cl+2]([O-])[O-].[O-][Cl+2]([O-])[O-].[OH3+].[Pb+2]. The molecule has 7 nitrogen and oxygen atoms in total. The minimum absolute atomic E-state index is 0. The molecule has 0 bridgehead atoms. The molecule has 10 heavy (non-hydrogen) atoms. The first kappa shape index (κ1) is 22.5. The quantitative estimate of drug-likeness (QED) is 0.292. The minimum Gasteiger partial charge on any atom is -0.457 e. The first-order valence-electron chi connectivity index (χ1n) is 0.926. The molecule has 0 saturated heterocycles. The van der Waals surface area contributed by atoms with Crippen molar-refractivity contribution in [3.8, 4) is 0 Å². The van der Waals surface area contributed by atoms with Gasteiger partial charge in [-0.2, -0.15) is 0 Å². The summed E-state index contributed by atoms with van der Waals surface area (Å²) in [6.45, 7) is 0. The van der Waals surface area contributed by atoms with Crippen LogP contribution in [0.25, 0.3) is 0 Å². The third-order valence-electron chi connectivity index (χ3n) is 0. The average Bonchev–Trinajstić information content (AvgIpc) is 1.25. The summed E-state index contributed by atoms with van der Waals surface area (Å²) in [5.74, 6) is 0. The van der Waals surface area contributed by atoms with Crippen molar-refractivity contribution in [2.75, 3.05) is 0 Å². The van der Waals surface area contributed by atoms with Gasteiger partial charge in [-0.25, -0.2) is 0 Å². The summed E-state index contributed by atoms with van der Waals surface area (Å²) in [5.41, 5.74) is 0. The number of rotatable bonds is 0. The smallest absolute Gasteiger partial charge is 0.457 e. The van der Waals surface area contributed by atoms with Crippen molar-refractivity contribution in [3.63, 3.8) is 0 Å². The molecule has 2 radical (unpaired) electrons. The Kier molecular flexibility index (Phi) is 37.5. The van der Waals surface area contributed by atoms with E-state index >= 15 is 0 Å². The third kappa shape index (κ3) is 417. The largest absolute Gasteiger partial charge is 2.00 e. The molecule has 0 aromatic rings. The van der Waals surface area contributed by atoms with Crippen molar-refractivity contribution in [2.45, 2.75) is 0 Å². The summed E-state index contributed by atoms with van der Waals surface area (Å²) in [7, 11) is -5.70. The molecular formula is H3Cl2O7Pb+. The molecule has 0 atom stereocenters. The molecule has 0 fully saturated rings. The first-order valence-corrected chi connectivity index (χ1v) is 2.78. The van der Waals surface area contributed by atoms with Crippen LogP contribution in [-0.2, 0) is 5.48 Å². The van der Waals surface area contributed by atoms with Crippen molar-refractivity contribution < 1.29 is 55.0 Å². The Hall–Kier alpha value is 1.22. The molecule has 0 heterocycles. The third-order valence-corrected chi connectivity index (χ3v) is 0. The standard InChI is InChI=1S/2ClO3.H2O.Pb/c2*2-1(3)4;;/h;;1H2;/q2*-1;;+2/p+1. The summed E-state index contributed by atoms with van der Waals surface area (Å²) in [5, 5.41) is 0. The maximum absolute atomic E-state index is 8.41. The van der Waals surface area contributed by atoms with Gasteiger partial charge < -0.3 is 33.4 Å². The van der Waals surface area contributed by atoms with Gasteiger partial charge in [-0.3, -0.25) is 0 Å². The molecule has 0 unspecified atom stereocenters. The average molecular weight is 393 g/mol. The molecule has 62 valence electrons. The van der Waals surface area contributed by atoms with E-state index in [9.17, 15) is 0 Å². The molecule has 0 rings (SSSR count). The Morgan fingerprint density at radius 2 is 0.600 bits per heavy atom. The van der Waals surface area contributed by atoms with Crippen molar-refractivity contribution in [1.29, 1.82) is 0 Å². The van der Waals surface area contributed by atoms with Crippen LogP contribution >= 0.6 is 0 Å². The molecule has 0 aliphatic carbocycles. The molecule has 0 saturated carbocycles. The first-order chi connectivity index (χ1) is 3.46. The van der Waals surface area contributed by atoms with Gasteiger partial charge in [0, 0.05) is 0 Å². The van der Waals surface area contributed by atoms with Gasteiger partial charge in [0.25, 0.3) is 0 Å². The molecule has 0 amide bonds. The van der Waals surface area contributed by atoms with Gasteiger partial charge in [-0.05, 0) is 0 Å². The van der Waals surface area contributed by atoms with Gasteiger partial charge >= 0.3 is 27.3 Å². The van der Waals surface area contributed by atoms with Gasteiger partial charge in [0.1, 0.15) is 0 Å². The second-order valence-corrected chi connectivity index (χ2v) is 1.13. The topological polar surface area (TPSA) is 171 Å². The fraction of sp³-hybridized carbons (Fsp3) is 0. The summed E-state index contributed by atoms with van der Waals surface area (Å²) in [6, 6.07) is 0. The maximum atomic E-state index is 8.41. The Balaban J connectivity index is -0.0000000300. The fourth-order valence-corrected chi connectivity index (χ4v) is 0. The Morgan fingerprint density at radius 3 is 0.600 bits per heavy atom. The summed E-state index contributed by atoms with van der Waals surface area (Å²) < 4.78 is 50.4. The van der Waals surface area contributed by atoms with Crippen LogP contribution in [0.4, 0.5) is 0 Å². The van der Waals surface area contributed by atoms with E-state index in [0.717, 1.165) is 0 Å². The van der Waals surface area contributed by atoms with Crippen LogP contribution in [0.3, 0.4) is 0 Å². The number of hydrogen-bond donors (Lipinski definition) is 0. The molecule has 0 aliphatic heterocycles. The van der Waals surface area contributed by atoms with Crippen LogP contribution in [0, 0.1) is 21.6 Å². The van der Waals surface area contributed by atoms with Gasteiger partial charge in [0.2, 0.25) is 0 Å². The summed E-state index contributed by atoms with van der Waals surface area (Å²) in [4.78, 5) is 0. The fourth-order valence-electron chi connectivity index (χ4n) is 0. The molecular weight excluding hydrogens is 390 g/mol. The molecule has 0 aromatic heterocycles. The minimum atomic E-state index is -2.85. The van der Waals surface area contributed by atoms with Gasteiger partial charge in [-0.1, -0.05) is 0 Å². The van der Waals surface area contributed by atoms with E-state index in [1.807, 2.05) is 0 Å². The van der Waals surface area contributed by atoms with E-state index in [-0.39, 0.29) is 32.8 Å². The van der Waals surface area contributed by atoms with Gasteiger partial charge in [0.15, 0.2) is 0 Å². The summed E-state index contributed by atoms with van der Waals surface area (Å²) in [6.07, 6.45) is 0. The monoisotopic (exact) mass is 393 g/mol.